The summed E-state index contributed by atoms with van der Waals surface area (Å²) < 4.78 is 5.53. The van der Waals surface area contributed by atoms with Crippen LogP contribution in [0.15, 0.2) is 29.6 Å². The average Bonchev–Trinajstić information content (AvgIpc) is 2.75. The van der Waals surface area contributed by atoms with Crippen LogP contribution < -0.4 is 10.5 Å². The highest BCUT2D eigenvalue weighted by Gasteiger charge is 2.09. The minimum Gasteiger partial charge on any atom is -0.491 e. The predicted octanol–water partition coefficient (Wildman–Crippen LogP) is 2.94. The van der Waals surface area contributed by atoms with Gasteiger partial charge in [0.25, 0.3) is 0 Å². The molecule has 1 heterocycles. The van der Waals surface area contributed by atoms with Gasteiger partial charge in [-0.2, -0.15) is 0 Å². The maximum atomic E-state index is 12.0. The van der Waals surface area contributed by atoms with Crippen molar-refractivity contribution in [1.82, 2.24) is 4.98 Å². The number of ether oxygens (including phenoxy) is 1. The molecule has 0 amide bonds. The Morgan fingerprint density at radius 2 is 2.05 bits per heavy atom. The Balaban J connectivity index is 2.03. The van der Waals surface area contributed by atoms with Crippen molar-refractivity contribution in [3.63, 3.8) is 0 Å². The van der Waals surface area contributed by atoms with Gasteiger partial charge in [0.2, 0.25) is 0 Å². The minimum absolute atomic E-state index is 0.0291. The van der Waals surface area contributed by atoms with E-state index in [0.717, 1.165) is 11.4 Å². The zero-order valence-corrected chi connectivity index (χ0v) is 11.7. The summed E-state index contributed by atoms with van der Waals surface area (Å²) in [5, 5.41) is 2.30. The molecule has 5 heteroatoms. The third kappa shape index (κ3) is 3.79. The summed E-state index contributed by atoms with van der Waals surface area (Å²) in [4.78, 5) is 16.1. The number of rotatable bonds is 5. The SMILES string of the molecule is CC(C)Oc1ccc(C(=O)Cc2csc(N)n2)cc1. The van der Waals surface area contributed by atoms with Crippen molar-refractivity contribution in [3.05, 3.63) is 40.9 Å². The van der Waals surface area contributed by atoms with Gasteiger partial charge in [-0.15, -0.1) is 11.3 Å². The van der Waals surface area contributed by atoms with Crippen LogP contribution in [0.25, 0.3) is 0 Å². The van der Waals surface area contributed by atoms with Crippen molar-refractivity contribution in [1.29, 1.82) is 0 Å². The minimum atomic E-state index is 0.0291. The van der Waals surface area contributed by atoms with Crippen molar-refractivity contribution in [2.24, 2.45) is 0 Å². The molecule has 19 heavy (non-hydrogen) atoms. The second-order valence-electron chi connectivity index (χ2n) is 4.47. The lowest BCUT2D eigenvalue weighted by Crippen LogP contribution is -2.07. The smallest absolute Gasteiger partial charge is 0.180 e. The maximum absolute atomic E-state index is 12.0. The van der Waals surface area contributed by atoms with Crippen molar-refractivity contribution in [2.75, 3.05) is 5.73 Å². The fourth-order valence-corrected chi connectivity index (χ4v) is 2.22. The molecule has 0 aliphatic rings. The van der Waals surface area contributed by atoms with Gasteiger partial charge >= 0.3 is 0 Å². The molecule has 0 unspecified atom stereocenters. The van der Waals surface area contributed by atoms with E-state index in [0.29, 0.717) is 10.7 Å². The molecule has 0 saturated carbocycles. The van der Waals surface area contributed by atoms with Gasteiger partial charge < -0.3 is 10.5 Å². The molecule has 2 aromatic rings. The van der Waals surface area contributed by atoms with Crippen LogP contribution in [0.5, 0.6) is 5.75 Å². The molecule has 0 saturated heterocycles. The summed E-state index contributed by atoms with van der Waals surface area (Å²) in [6.45, 7) is 3.93. The van der Waals surface area contributed by atoms with Crippen LogP contribution >= 0.6 is 11.3 Å². The summed E-state index contributed by atoms with van der Waals surface area (Å²) >= 11 is 1.35. The molecule has 0 fully saturated rings. The Hall–Kier alpha value is -1.88. The Morgan fingerprint density at radius 1 is 1.37 bits per heavy atom. The van der Waals surface area contributed by atoms with E-state index in [2.05, 4.69) is 4.98 Å². The van der Waals surface area contributed by atoms with Crippen LogP contribution in [0.2, 0.25) is 0 Å². The molecule has 1 aromatic heterocycles. The lowest BCUT2D eigenvalue weighted by molar-refractivity contribution is 0.0992. The Labute approximate surface area is 116 Å². The number of nitrogens with two attached hydrogens (primary N) is 1. The number of thiazole rings is 1. The lowest BCUT2D eigenvalue weighted by Gasteiger charge is -2.09. The number of nitrogens with zero attached hydrogens (tertiary/aromatic N) is 1. The second-order valence-corrected chi connectivity index (χ2v) is 5.36. The van der Waals surface area contributed by atoms with E-state index in [4.69, 9.17) is 10.5 Å². The zero-order chi connectivity index (χ0) is 13.8. The molecule has 100 valence electrons. The quantitative estimate of drug-likeness (QED) is 0.853. The van der Waals surface area contributed by atoms with Crippen LogP contribution in [-0.2, 0) is 6.42 Å². The first-order valence-corrected chi connectivity index (χ1v) is 6.92. The topological polar surface area (TPSA) is 65.2 Å². The zero-order valence-electron chi connectivity index (χ0n) is 10.9. The van der Waals surface area contributed by atoms with Crippen LogP contribution in [0.1, 0.15) is 29.9 Å². The van der Waals surface area contributed by atoms with Crippen LogP contribution in [0.3, 0.4) is 0 Å². The van der Waals surface area contributed by atoms with Crippen LogP contribution in [0, 0.1) is 0 Å². The van der Waals surface area contributed by atoms with E-state index in [1.54, 1.807) is 12.1 Å². The summed E-state index contributed by atoms with van der Waals surface area (Å²) in [6, 6.07) is 7.16. The number of aromatic nitrogens is 1. The third-order valence-electron chi connectivity index (χ3n) is 2.46. The fraction of sp³-hybridized carbons (Fsp3) is 0.286. The number of carbonyl (C=O) groups is 1. The Morgan fingerprint density at radius 3 is 2.58 bits per heavy atom. The van der Waals surface area contributed by atoms with Crippen LogP contribution in [0.4, 0.5) is 5.13 Å². The van der Waals surface area contributed by atoms with Gasteiger partial charge in [0.15, 0.2) is 10.9 Å². The molecule has 4 nitrogen and oxygen atoms in total. The predicted molar refractivity (Wildman–Crippen MR) is 76.8 cm³/mol. The van der Waals surface area contributed by atoms with Crippen molar-refractivity contribution in [2.45, 2.75) is 26.4 Å². The Bertz CT molecular complexity index is 561. The summed E-state index contributed by atoms with van der Waals surface area (Å²) in [5.74, 6) is 0.797. The van der Waals surface area contributed by atoms with E-state index < -0.39 is 0 Å². The van der Waals surface area contributed by atoms with E-state index in [-0.39, 0.29) is 18.3 Å². The molecular weight excluding hydrogens is 260 g/mol. The number of nitrogen functional groups attached to an aromatic ring is 1. The monoisotopic (exact) mass is 276 g/mol. The third-order valence-corrected chi connectivity index (χ3v) is 3.18. The molecule has 0 atom stereocenters. The number of hydrogen-bond acceptors (Lipinski definition) is 5. The standard InChI is InChI=1S/C14H16N2O2S/c1-9(2)18-12-5-3-10(4-6-12)13(17)7-11-8-19-14(15)16-11/h3-6,8-9H,7H2,1-2H3,(H2,15,16). The van der Waals surface area contributed by atoms with E-state index in [9.17, 15) is 4.79 Å². The molecule has 2 N–H and O–H groups in total. The first-order valence-electron chi connectivity index (χ1n) is 6.04. The highest BCUT2D eigenvalue weighted by atomic mass is 32.1. The average molecular weight is 276 g/mol. The molecule has 0 bridgehead atoms. The summed E-state index contributed by atoms with van der Waals surface area (Å²) in [6.07, 6.45) is 0.400. The maximum Gasteiger partial charge on any atom is 0.180 e. The van der Waals surface area contributed by atoms with Crippen molar-refractivity contribution < 1.29 is 9.53 Å². The number of anilines is 1. The van der Waals surface area contributed by atoms with E-state index >= 15 is 0 Å². The van der Waals surface area contributed by atoms with Gasteiger partial charge in [-0.1, -0.05) is 0 Å². The van der Waals surface area contributed by atoms with Gasteiger partial charge in [-0.05, 0) is 38.1 Å². The van der Waals surface area contributed by atoms with Crippen molar-refractivity contribution in [3.8, 4) is 5.75 Å². The largest absolute Gasteiger partial charge is 0.491 e. The normalized spacial score (nSPS) is 10.7. The number of Topliss-reactive ketones (excluding diaryl/α,β-unsaturated/α-hetero) is 1. The van der Waals surface area contributed by atoms with Gasteiger partial charge in [0.05, 0.1) is 18.2 Å². The van der Waals surface area contributed by atoms with Gasteiger partial charge in [0, 0.05) is 10.9 Å². The van der Waals surface area contributed by atoms with Crippen LogP contribution in [-0.4, -0.2) is 16.9 Å². The molecule has 0 spiro atoms. The Kier molecular flexibility index (Phi) is 4.16. The fourth-order valence-electron chi connectivity index (χ4n) is 1.66. The summed E-state index contributed by atoms with van der Waals surface area (Å²) in [5.41, 5.74) is 6.91. The lowest BCUT2D eigenvalue weighted by atomic mass is 10.1. The van der Waals surface area contributed by atoms with Crippen molar-refractivity contribution >= 4 is 22.3 Å². The van der Waals surface area contributed by atoms with Gasteiger partial charge in [-0.25, -0.2) is 4.98 Å². The van der Waals surface area contributed by atoms with E-state index in [1.807, 2.05) is 31.4 Å². The molecule has 0 aliphatic heterocycles. The molecular formula is C14H16N2O2S. The number of hydrogen-bond donors (Lipinski definition) is 1. The number of benzene rings is 1. The second kappa shape index (κ2) is 5.84. The molecule has 2 rings (SSSR count). The number of carbonyl (C=O) groups excluding carboxylic acids is 1. The van der Waals surface area contributed by atoms with E-state index in [1.165, 1.54) is 11.3 Å². The molecule has 1 aromatic carbocycles. The first kappa shape index (κ1) is 13.5. The number of ketones is 1. The molecule has 0 aliphatic carbocycles. The van der Waals surface area contributed by atoms with Gasteiger partial charge in [0.1, 0.15) is 5.75 Å². The highest BCUT2D eigenvalue weighted by molar-refractivity contribution is 7.13. The molecule has 0 radical (unpaired) electrons. The van der Waals surface area contributed by atoms with Gasteiger partial charge in [-0.3, -0.25) is 4.79 Å². The summed E-state index contributed by atoms with van der Waals surface area (Å²) in [7, 11) is 0. The highest BCUT2D eigenvalue weighted by Crippen LogP contribution is 2.17. The first-order chi connectivity index (χ1) is 9.04.